The van der Waals surface area contributed by atoms with Crippen molar-refractivity contribution in [3.63, 3.8) is 0 Å². The van der Waals surface area contributed by atoms with Crippen LogP contribution in [0.3, 0.4) is 0 Å². The van der Waals surface area contributed by atoms with Crippen molar-refractivity contribution in [2.45, 2.75) is 26.8 Å². The number of carbonyl (C=O) groups is 1. The van der Waals surface area contributed by atoms with Gasteiger partial charge in [-0.2, -0.15) is 0 Å². The molecule has 0 spiro atoms. The predicted octanol–water partition coefficient (Wildman–Crippen LogP) is 1.47. The van der Waals surface area contributed by atoms with Crippen molar-refractivity contribution in [1.82, 2.24) is 5.32 Å². The van der Waals surface area contributed by atoms with Crippen molar-refractivity contribution in [3.8, 4) is 5.75 Å². The van der Waals surface area contributed by atoms with Crippen LogP contribution in [0.4, 0.5) is 0 Å². The molecule has 0 aliphatic heterocycles. The molecule has 0 saturated heterocycles. The molecule has 0 saturated carbocycles. The van der Waals surface area contributed by atoms with E-state index < -0.39 is 0 Å². The van der Waals surface area contributed by atoms with E-state index >= 15 is 0 Å². The van der Waals surface area contributed by atoms with Gasteiger partial charge in [-0.1, -0.05) is 25.1 Å². The number of para-hydroxylation sites is 1. The molecular weight excluding hydrogens is 228 g/mol. The molecule has 3 N–H and O–H groups in total. The minimum atomic E-state index is -0.177. The molecule has 1 aromatic carbocycles. The first kappa shape index (κ1) is 14.5. The first-order valence-electron chi connectivity index (χ1n) is 6.24. The Kier molecular flexibility index (Phi) is 5.65. The fourth-order valence-corrected chi connectivity index (χ4v) is 1.45. The molecule has 1 amide bonds. The molecule has 4 nitrogen and oxygen atoms in total. The summed E-state index contributed by atoms with van der Waals surface area (Å²) in [6.07, 6.45) is 0. The zero-order chi connectivity index (χ0) is 13.5. The summed E-state index contributed by atoms with van der Waals surface area (Å²) in [6, 6.07) is 7.67. The van der Waals surface area contributed by atoms with Crippen LogP contribution in [0.2, 0.25) is 0 Å². The van der Waals surface area contributed by atoms with Crippen LogP contribution in [0, 0.1) is 12.8 Å². The first-order valence-corrected chi connectivity index (χ1v) is 6.24. The van der Waals surface area contributed by atoms with Crippen LogP contribution in [0.25, 0.3) is 0 Å². The van der Waals surface area contributed by atoms with Gasteiger partial charge in [0.1, 0.15) is 12.4 Å². The Balaban J connectivity index is 2.27. The average molecular weight is 250 g/mol. The van der Waals surface area contributed by atoms with Crippen LogP contribution < -0.4 is 15.8 Å². The number of ether oxygens (including phenoxy) is 1. The van der Waals surface area contributed by atoms with Gasteiger partial charge < -0.3 is 15.8 Å². The van der Waals surface area contributed by atoms with Crippen molar-refractivity contribution < 1.29 is 9.53 Å². The highest BCUT2D eigenvalue weighted by Gasteiger charge is 2.16. The molecule has 2 atom stereocenters. The fraction of sp³-hybridized carbons (Fsp3) is 0.500. The van der Waals surface area contributed by atoms with Crippen molar-refractivity contribution >= 4 is 5.91 Å². The van der Waals surface area contributed by atoms with Gasteiger partial charge in [0.25, 0.3) is 0 Å². The van der Waals surface area contributed by atoms with Gasteiger partial charge in [-0.3, -0.25) is 4.79 Å². The van der Waals surface area contributed by atoms with Gasteiger partial charge in [0, 0.05) is 12.0 Å². The van der Waals surface area contributed by atoms with Crippen molar-refractivity contribution in [1.29, 1.82) is 0 Å². The van der Waals surface area contributed by atoms with Crippen LogP contribution in [0.1, 0.15) is 19.4 Å². The third-order valence-electron chi connectivity index (χ3n) is 2.95. The van der Waals surface area contributed by atoms with Crippen molar-refractivity contribution in [2.24, 2.45) is 11.7 Å². The molecule has 100 valence electrons. The van der Waals surface area contributed by atoms with E-state index in [9.17, 15) is 4.79 Å². The lowest BCUT2D eigenvalue weighted by atomic mass is 10.0. The molecule has 0 aliphatic carbocycles. The van der Waals surface area contributed by atoms with E-state index in [0.717, 1.165) is 11.3 Å². The Morgan fingerprint density at radius 3 is 2.67 bits per heavy atom. The van der Waals surface area contributed by atoms with Crippen LogP contribution in [0.15, 0.2) is 24.3 Å². The Hall–Kier alpha value is -1.55. The summed E-state index contributed by atoms with van der Waals surface area (Å²) in [5.74, 6) is 0.647. The number of hydrogen-bond acceptors (Lipinski definition) is 3. The maximum absolute atomic E-state index is 11.6. The molecule has 1 rings (SSSR count). The third-order valence-corrected chi connectivity index (χ3v) is 2.95. The summed E-state index contributed by atoms with van der Waals surface area (Å²) in [6.45, 7) is 6.59. The van der Waals surface area contributed by atoms with Crippen LogP contribution in [-0.2, 0) is 4.79 Å². The maximum Gasteiger partial charge on any atom is 0.224 e. The Morgan fingerprint density at radius 2 is 2.06 bits per heavy atom. The normalized spacial score (nSPS) is 13.8. The third kappa shape index (κ3) is 4.37. The van der Waals surface area contributed by atoms with Crippen LogP contribution in [0.5, 0.6) is 5.75 Å². The number of hydrogen-bond donors (Lipinski definition) is 2. The van der Waals surface area contributed by atoms with E-state index in [4.69, 9.17) is 10.5 Å². The van der Waals surface area contributed by atoms with Gasteiger partial charge in [-0.05, 0) is 25.5 Å². The standard InChI is InChI=1S/C14H22N2O2/c1-10-6-4-5-7-13(10)18-9-8-16-14(17)11(2)12(3)15/h4-7,11-12H,8-9,15H2,1-3H3,(H,16,17). The predicted molar refractivity (Wildman–Crippen MR) is 72.5 cm³/mol. The highest BCUT2D eigenvalue weighted by Crippen LogP contribution is 2.15. The fourth-order valence-electron chi connectivity index (χ4n) is 1.45. The SMILES string of the molecule is Cc1ccccc1OCCNC(=O)C(C)C(C)N. The number of nitrogens with one attached hydrogen (secondary N) is 1. The second-order valence-electron chi connectivity index (χ2n) is 4.55. The maximum atomic E-state index is 11.6. The Labute approximate surface area is 109 Å². The molecule has 2 unspecified atom stereocenters. The van der Waals surface area contributed by atoms with E-state index in [1.165, 1.54) is 0 Å². The summed E-state index contributed by atoms with van der Waals surface area (Å²) in [5.41, 5.74) is 6.75. The zero-order valence-electron chi connectivity index (χ0n) is 11.3. The number of nitrogens with two attached hydrogens (primary N) is 1. The second-order valence-corrected chi connectivity index (χ2v) is 4.55. The molecule has 0 aliphatic rings. The molecule has 0 bridgehead atoms. The summed E-state index contributed by atoms with van der Waals surface area (Å²) >= 11 is 0. The largest absolute Gasteiger partial charge is 0.491 e. The number of benzene rings is 1. The quantitative estimate of drug-likeness (QED) is 0.751. The minimum absolute atomic E-state index is 0.0293. The molecule has 4 heteroatoms. The van der Waals surface area contributed by atoms with Gasteiger partial charge in [0.2, 0.25) is 5.91 Å². The molecule has 18 heavy (non-hydrogen) atoms. The van der Waals surface area contributed by atoms with Gasteiger partial charge in [0.05, 0.1) is 6.54 Å². The molecule has 0 aromatic heterocycles. The molecule has 0 fully saturated rings. The van der Waals surface area contributed by atoms with E-state index in [2.05, 4.69) is 5.32 Å². The highest BCUT2D eigenvalue weighted by atomic mass is 16.5. The molecule has 0 radical (unpaired) electrons. The summed E-state index contributed by atoms with van der Waals surface area (Å²) in [7, 11) is 0. The van der Waals surface area contributed by atoms with Gasteiger partial charge >= 0.3 is 0 Å². The first-order chi connectivity index (χ1) is 8.52. The summed E-state index contributed by atoms with van der Waals surface area (Å²) < 4.78 is 5.58. The smallest absolute Gasteiger partial charge is 0.224 e. The van der Waals surface area contributed by atoms with E-state index in [1.807, 2.05) is 45.0 Å². The number of amides is 1. The van der Waals surface area contributed by atoms with Crippen molar-refractivity contribution in [3.05, 3.63) is 29.8 Å². The van der Waals surface area contributed by atoms with Gasteiger partial charge in [-0.25, -0.2) is 0 Å². The van der Waals surface area contributed by atoms with Crippen LogP contribution >= 0.6 is 0 Å². The molecule has 0 heterocycles. The molecule has 1 aromatic rings. The van der Waals surface area contributed by atoms with Gasteiger partial charge in [-0.15, -0.1) is 0 Å². The van der Waals surface area contributed by atoms with E-state index in [0.29, 0.717) is 13.2 Å². The van der Waals surface area contributed by atoms with Gasteiger partial charge in [0.15, 0.2) is 0 Å². The number of aryl methyl sites for hydroxylation is 1. The second kappa shape index (κ2) is 7.01. The van der Waals surface area contributed by atoms with Crippen molar-refractivity contribution in [2.75, 3.05) is 13.2 Å². The monoisotopic (exact) mass is 250 g/mol. The Morgan fingerprint density at radius 1 is 1.39 bits per heavy atom. The average Bonchev–Trinajstić information content (AvgIpc) is 2.35. The lowest BCUT2D eigenvalue weighted by Gasteiger charge is -2.15. The lowest BCUT2D eigenvalue weighted by Crippen LogP contribution is -2.40. The highest BCUT2D eigenvalue weighted by molar-refractivity contribution is 5.78. The van der Waals surface area contributed by atoms with Crippen LogP contribution in [-0.4, -0.2) is 25.1 Å². The lowest BCUT2D eigenvalue weighted by molar-refractivity contribution is -0.125. The number of carbonyl (C=O) groups excluding carboxylic acids is 1. The summed E-state index contributed by atoms with van der Waals surface area (Å²) in [4.78, 5) is 11.6. The topological polar surface area (TPSA) is 64.3 Å². The summed E-state index contributed by atoms with van der Waals surface area (Å²) in [5, 5.41) is 2.81. The zero-order valence-corrected chi connectivity index (χ0v) is 11.3. The molecular formula is C14H22N2O2. The number of rotatable bonds is 6. The minimum Gasteiger partial charge on any atom is -0.491 e. The van der Waals surface area contributed by atoms with E-state index in [-0.39, 0.29) is 17.9 Å². The Bertz CT molecular complexity index is 391. The van der Waals surface area contributed by atoms with E-state index in [1.54, 1.807) is 0 Å².